The fourth-order valence-electron chi connectivity index (χ4n) is 1.43. The zero-order valence-corrected chi connectivity index (χ0v) is 10.4. The van der Waals surface area contributed by atoms with Crippen LogP contribution in [0.25, 0.3) is 0 Å². The molecule has 18 heavy (non-hydrogen) atoms. The average molecular weight is 245 g/mol. The van der Waals surface area contributed by atoms with Gasteiger partial charge in [0.05, 0.1) is 19.0 Å². The van der Waals surface area contributed by atoms with Gasteiger partial charge in [0.15, 0.2) is 5.75 Å². The molecule has 2 aromatic rings. The summed E-state index contributed by atoms with van der Waals surface area (Å²) in [4.78, 5) is 12.4. The molecule has 5 nitrogen and oxygen atoms in total. The van der Waals surface area contributed by atoms with E-state index in [0.29, 0.717) is 23.0 Å². The number of nitrogens with zero attached hydrogens (tertiary/aromatic N) is 3. The standard InChI is InChI=1S/C13H15N3O2/c1-9(2)13-15-7-12(11(8-17)16-13)18-10-4-3-5-14-6-10/h3-7,9,17H,8H2,1-2H3. The third-order valence-electron chi connectivity index (χ3n) is 2.38. The SMILES string of the molecule is CC(C)c1ncc(Oc2cccnc2)c(CO)n1. The van der Waals surface area contributed by atoms with Gasteiger partial charge >= 0.3 is 0 Å². The molecular formula is C13H15N3O2. The van der Waals surface area contributed by atoms with E-state index in [1.807, 2.05) is 13.8 Å². The van der Waals surface area contributed by atoms with Crippen molar-refractivity contribution in [3.8, 4) is 11.5 Å². The number of ether oxygens (including phenoxy) is 1. The second-order valence-corrected chi connectivity index (χ2v) is 4.14. The summed E-state index contributed by atoms with van der Waals surface area (Å²) >= 11 is 0. The Labute approximate surface area is 106 Å². The molecule has 0 fully saturated rings. The van der Waals surface area contributed by atoms with Crippen LogP contribution in [0, 0.1) is 0 Å². The molecule has 0 unspecified atom stereocenters. The molecule has 1 N–H and O–H groups in total. The maximum atomic E-state index is 9.32. The summed E-state index contributed by atoms with van der Waals surface area (Å²) in [5.74, 6) is 1.95. The van der Waals surface area contributed by atoms with Crippen molar-refractivity contribution in [2.45, 2.75) is 26.4 Å². The van der Waals surface area contributed by atoms with Gasteiger partial charge in [-0.25, -0.2) is 9.97 Å². The van der Waals surface area contributed by atoms with E-state index in [4.69, 9.17) is 4.74 Å². The van der Waals surface area contributed by atoms with Crippen LogP contribution in [0.15, 0.2) is 30.7 Å². The molecule has 5 heteroatoms. The van der Waals surface area contributed by atoms with E-state index in [9.17, 15) is 5.11 Å². The number of hydrogen-bond donors (Lipinski definition) is 1. The van der Waals surface area contributed by atoms with Gasteiger partial charge in [-0.05, 0) is 12.1 Å². The molecule has 2 aromatic heterocycles. The Bertz CT molecular complexity index is 515. The summed E-state index contributed by atoms with van der Waals surface area (Å²) in [5, 5.41) is 9.32. The van der Waals surface area contributed by atoms with Gasteiger partial charge in [-0.2, -0.15) is 0 Å². The number of aromatic nitrogens is 3. The predicted molar refractivity (Wildman–Crippen MR) is 66.4 cm³/mol. The van der Waals surface area contributed by atoms with Crippen LogP contribution in [0.2, 0.25) is 0 Å². The lowest BCUT2D eigenvalue weighted by molar-refractivity contribution is 0.269. The van der Waals surface area contributed by atoms with Gasteiger partial charge in [-0.1, -0.05) is 13.8 Å². The minimum Gasteiger partial charge on any atom is -0.452 e. The summed E-state index contributed by atoms with van der Waals surface area (Å²) in [6, 6.07) is 3.56. The first-order valence-electron chi connectivity index (χ1n) is 5.75. The van der Waals surface area contributed by atoms with E-state index in [1.54, 1.807) is 30.7 Å². The minimum atomic E-state index is -0.183. The first-order valence-corrected chi connectivity index (χ1v) is 5.75. The number of rotatable bonds is 4. The zero-order valence-electron chi connectivity index (χ0n) is 10.4. The van der Waals surface area contributed by atoms with Crippen LogP contribution in [-0.4, -0.2) is 20.1 Å². The van der Waals surface area contributed by atoms with E-state index in [1.165, 1.54) is 0 Å². The predicted octanol–water partition coefficient (Wildman–Crippen LogP) is 2.28. The summed E-state index contributed by atoms with van der Waals surface area (Å²) in [6.45, 7) is 3.81. The number of pyridine rings is 1. The second kappa shape index (κ2) is 5.55. The molecule has 0 saturated heterocycles. The maximum absolute atomic E-state index is 9.32. The van der Waals surface area contributed by atoms with Crippen molar-refractivity contribution < 1.29 is 9.84 Å². The molecule has 0 aromatic carbocycles. The van der Waals surface area contributed by atoms with Gasteiger partial charge in [0.2, 0.25) is 0 Å². The fraction of sp³-hybridized carbons (Fsp3) is 0.308. The number of hydrogen-bond acceptors (Lipinski definition) is 5. The summed E-state index contributed by atoms with van der Waals surface area (Å²) in [6.07, 6.45) is 4.84. The van der Waals surface area contributed by atoms with Gasteiger partial charge in [-0.3, -0.25) is 4.98 Å². The third kappa shape index (κ3) is 2.81. The van der Waals surface area contributed by atoms with Gasteiger partial charge in [0.1, 0.15) is 17.3 Å². The van der Waals surface area contributed by atoms with E-state index in [2.05, 4.69) is 15.0 Å². The smallest absolute Gasteiger partial charge is 0.169 e. The molecule has 0 amide bonds. The van der Waals surface area contributed by atoms with E-state index in [0.717, 1.165) is 0 Å². The lowest BCUT2D eigenvalue weighted by atomic mass is 10.2. The van der Waals surface area contributed by atoms with Crippen molar-refractivity contribution in [2.24, 2.45) is 0 Å². The van der Waals surface area contributed by atoms with Gasteiger partial charge < -0.3 is 9.84 Å². The Kier molecular flexibility index (Phi) is 3.84. The van der Waals surface area contributed by atoms with Crippen LogP contribution >= 0.6 is 0 Å². The molecule has 0 aliphatic rings. The monoisotopic (exact) mass is 245 g/mol. The van der Waals surface area contributed by atoms with Gasteiger partial charge in [0.25, 0.3) is 0 Å². The molecule has 2 rings (SSSR count). The molecule has 0 aliphatic heterocycles. The maximum Gasteiger partial charge on any atom is 0.169 e. The van der Waals surface area contributed by atoms with E-state index < -0.39 is 0 Å². The fourth-order valence-corrected chi connectivity index (χ4v) is 1.43. The molecular weight excluding hydrogens is 230 g/mol. The lowest BCUT2D eigenvalue weighted by Gasteiger charge is -2.10. The number of aliphatic hydroxyl groups is 1. The highest BCUT2D eigenvalue weighted by Gasteiger charge is 2.10. The molecule has 94 valence electrons. The molecule has 0 bridgehead atoms. The van der Waals surface area contributed by atoms with E-state index in [-0.39, 0.29) is 12.5 Å². The highest BCUT2D eigenvalue weighted by atomic mass is 16.5. The van der Waals surface area contributed by atoms with Crippen molar-refractivity contribution in [1.29, 1.82) is 0 Å². The van der Waals surface area contributed by atoms with Crippen LogP contribution in [0.4, 0.5) is 0 Å². The Morgan fingerprint density at radius 2 is 2.17 bits per heavy atom. The summed E-state index contributed by atoms with van der Waals surface area (Å²) < 4.78 is 5.59. The summed E-state index contributed by atoms with van der Waals surface area (Å²) in [5.41, 5.74) is 0.484. The number of aliphatic hydroxyl groups excluding tert-OH is 1. The lowest BCUT2D eigenvalue weighted by Crippen LogP contribution is -2.03. The van der Waals surface area contributed by atoms with Crippen molar-refractivity contribution >= 4 is 0 Å². The Hall–Kier alpha value is -2.01. The van der Waals surface area contributed by atoms with Crippen LogP contribution in [-0.2, 0) is 6.61 Å². The topological polar surface area (TPSA) is 68.1 Å². The van der Waals surface area contributed by atoms with E-state index >= 15 is 0 Å². The van der Waals surface area contributed by atoms with Crippen molar-refractivity contribution in [3.05, 3.63) is 42.2 Å². The third-order valence-corrected chi connectivity index (χ3v) is 2.38. The molecule has 0 radical (unpaired) electrons. The van der Waals surface area contributed by atoms with Crippen molar-refractivity contribution in [1.82, 2.24) is 15.0 Å². The quantitative estimate of drug-likeness (QED) is 0.895. The Morgan fingerprint density at radius 3 is 2.78 bits per heavy atom. The highest BCUT2D eigenvalue weighted by Crippen LogP contribution is 2.24. The zero-order chi connectivity index (χ0) is 13.0. The highest BCUT2D eigenvalue weighted by molar-refractivity contribution is 5.30. The summed E-state index contributed by atoms with van der Waals surface area (Å²) in [7, 11) is 0. The first-order chi connectivity index (χ1) is 8.70. The van der Waals surface area contributed by atoms with Gasteiger partial charge in [-0.15, -0.1) is 0 Å². The van der Waals surface area contributed by atoms with Crippen molar-refractivity contribution in [3.63, 3.8) is 0 Å². The van der Waals surface area contributed by atoms with Crippen LogP contribution in [0.3, 0.4) is 0 Å². The first kappa shape index (κ1) is 12.4. The second-order valence-electron chi connectivity index (χ2n) is 4.14. The average Bonchev–Trinajstić information content (AvgIpc) is 2.40. The molecule has 0 spiro atoms. The largest absolute Gasteiger partial charge is 0.452 e. The van der Waals surface area contributed by atoms with Crippen LogP contribution in [0.1, 0.15) is 31.3 Å². The van der Waals surface area contributed by atoms with Crippen LogP contribution < -0.4 is 4.74 Å². The minimum absolute atomic E-state index is 0.183. The Balaban J connectivity index is 2.28. The molecule has 0 atom stereocenters. The normalized spacial score (nSPS) is 10.7. The molecule has 0 saturated carbocycles. The van der Waals surface area contributed by atoms with Crippen LogP contribution in [0.5, 0.6) is 11.5 Å². The molecule has 0 aliphatic carbocycles. The van der Waals surface area contributed by atoms with Crippen molar-refractivity contribution in [2.75, 3.05) is 0 Å². The Morgan fingerprint density at radius 1 is 1.33 bits per heavy atom. The van der Waals surface area contributed by atoms with Gasteiger partial charge in [0, 0.05) is 12.1 Å². The molecule has 2 heterocycles.